The van der Waals surface area contributed by atoms with Gasteiger partial charge in [-0.25, -0.2) is 0 Å². The molecule has 0 saturated carbocycles. The first kappa shape index (κ1) is 31.8. The Balaban J connectivity index is 2.78. The summed E-state index contributed by atoms with van der Waals surface area (Å²) in [6.45, 7) is 4.84. The predicted molar refractivity (Wildman–Crippen MR) is 143 cm³/mol. The van der Waals surface area contributed by atoms with Crippen LogP contribution in [0.4, 0.5) is 0 Å². The van der Waals surface area contributed by atoms with Crippen molar-refractivity contribution in [2.45, 2.75) is 90.6 Å². The number of rotatable bonds is 23. The van der Waals surface area contributed by atoms with Crippen molar-refractivity contribution in [1.82, 2.24) is 9.80 Å². The molecule has 5 N–H and O–H groups in total. The van der Waals surface area contributed by atoms with Crippen molar-refractivity contribution in [2.24, 2.45) is 0 Å². The number of nitrogens with zero attached hydrogens (tertiary/aromatic N) is 2. The number of unbranched alkanes of at least 4 members (excludes halogenated alkanes) is 9. The van der Waals surface area contributed by atoms with Gasteiger partial charge in [0.15, 0.2) is 0 Å². The first-order chi connectivity index (χ1) is 17.1. The van der Waals surface area contributed by atoms with Crippen LogP contribution in [0.5, 0.6) is 5.75 Å². The second-order valence-electron chi connectivity index (χ2n) is 9.64. The molecule has 1 aromatic rings. The van der Waals surface area contributed by atoms with Crippen LogP contribution in [0.3, 0.4) is 0 Å². The van der Waals surface area contributed by atoms with Crippen LogP contribution in [-0.2, 0) is 19.5 Å². The SMILES string of the molecule is CCCCCCCCCCCCc1cc(CN(CCO)CCO)c(O)c(CN(CCO)CCO)c1. The number of hydrogen-bond donors (Lipinski definition) is 5. The molecule has 0 aliphatic rings. The number of benzene rings is 1. The third kappa shape index (κ3) is 14.2. The molecule has 1 rings (SSSR count). The summed E-state index contributed by atoms with van der Waals surface area (Å²) in [4.78, 5) is 3.87. The van der Waals surface area contributed by atoms with Crippen LogP contribution in [0.25, 0.3) is 0 Å². The summed E-state index contributed by atoms with van der Waals surface area (Å²) < 4.78 is 0. The summed E-state index contributed by atoms with van der Waals surface area (Å²) in [5.41, 5.74) is 2.76. The summed E-state index contributed by atoms with van der Waals surface area (Å²) in [5, 5.41) is 48.5. The van der Waals surface area contributed by atoms with Crippen LogP contribution in [0.1, 0.15) is 87.8 Å². The summed E-state index contributed by atoms with van der Waals surface area (Å²) >= 11 is 0. The first-order valence-electron chi connectivity index (χ1n) is 13.8. The molecule has 1 aromatic carbocycles. The number of aromatic hydroxyl groups is 1. The Morgan fingerprint density at radius 2 is 0.943 bits per heavy atom. The van der Waals surface area contributed by atoms with Crippen molar-refractivity contribution in [3.05, 3.63) is 28.8 Å². The highest BCUT2D eigenvalue weighted by atomic mass is 16.3. The predicted octanol–water partition coefficient (Wildman–Crippen LogP) is 3.43. The molecule has 7 nitrogen and oxygen atoms in total. The van der Waals surface area contributed by atoms with E-state index in [0.29, 0.717) is 39.3 Å². The number of aliphatic hydroxyl groups excluding tert-OH is 4. The molecule has 0 aliphatic heterocycles. The molecule has 0 saturated heterocycles. The van der Waals surface area contributed by atoms with E-state index in [4.69, 9.17) is 0 Å². The molecule has 0 aromatic heterocycles. The minimum atomic E-state index is -0.00725. The molecule has 0 aliphatic carbocycles. The second kappa shape index (κ2) is 20.9. The lowest BCUT2D eigenvalue weighted by molar-refractivity contribution is 0.152. The van der Waals surface area contributed by atoms with Gasteiger partial charge >= 0.3 is 0 Å². The standard InChI is InChI=1S/C28H52N2O5/c1-2-3-4-5-6-7-8-9-10-11-12-25-21-26(23-29(13-17-31)14-18-32)28(35)27(22-25)24-30(15-19-33)16-20-34/h21-22,31-35H,2-20,23-24H2,1H3. The third-order valence-electron chi connectivity index (χ3n) is 6.60. The minimum Gasteiger partial charge on any atom is -0.507 e. The largest absolute Gasteiger partial charge is 0.507 e. The molecule has 0 spiro atoms. The Morgan fingerprint density at radius 3 is 1.31 bits per heavy atom. The Kier molecular flexibility index (Phi) is 19.0. The highest BCUT2D eigenvalue weighted by molar-refractivity contribution is 5.44. The summed E-state index contributed by atoms with van der Waals surface area (Å²) in [6.07, 6.45) is 13.8. The quantitative estimate of drug-likeness (QED) is 0.148. The highest BCUT2D eigenvalue weighted by Gasteiger charge is 2.16. The summed E-state index contributed by atoms with van der Waals surface area (Å²) in [5.74, 6) is 0.221. The molecule has 0 atom stereocenters. The van der Waals surface area contributed by atoms with Gasteiger partial charge in [-0.2, -0.15) is 0 Å². The summed E-state index contributed by atoms with van der Waals surface area (Å²) in [6, 6.07) is 4.10. The molecule has 0 radical (unpaired) electrons. The Hall–Kier alpha value is -1.22. The molecule has 7 heteroatoms. The van der Waals surface area contributed by atoms with Crippen molar-refractivity contribution in [1.29, 1.82) is 0 Å². The molecule has 0 heterocycles. The zero-order valence-corrected chi connectivity index (χ0v) is 22.1. The van der Waals surface area contributed by atoms with Crippen LogP contribution in [0, 0.1) is 0 Å². The van der Waals surface area contributed by atoms with E-state index >= 15 is 0 Å². The topological polar surface area (TPSA) is 108 Å². The lowest BCUT2D eigenvalue weighted by Gasteiger charge is -2.24. The van der Waals surface area contributed by atoms with Gasteiger partial charge in [-0.15, -0.1) is 0 Å². The van der Waals surface area contributed by atoms with E-state index in [9.17, 15) is 25.5 Å². The zero-order chi connectivity index (χ0) is 25.7. The van der Waals surface area contributed by atoms with E-state index in [2.05, 4.69) is 19.1 Å². The number of hydrogen-bond acceptors (Lipinski definition) is 7. The number of aliphatic hydroxyl groups is 4. The molecular weight excluding hydrogens is 444 g/mol. The van der Waals surface area contributed by atoms with Crippen molar-refractivity contribution in [3.8, 4) is 5.75 Å². The number of phenolic OH excluding ortho intramolecular Hbond substituents is 1. The maximum absolute atomic E-state index is 11.0. The van der Waals surface area contributed by atoms with Crippen LogP contribution >= 0.6 is 0 Å². The van der Waals surface area contributed by atoms with Gasteiger partial charge in [0.25, 0.3) is 0 Å². The number of aryl methyl sites for hydroxylation is 1. The van der Waals surface area contributed by atoms with E-state index in [1.54, 1.807) is 0 Å². The average molecular weight is 497 g/mol. The second-order valence-corrected chi connectivity index (χ2v) is 9.64. The molecule has 0 amide bonds. The van der Waals surface area contributed by atoms with Crippen LogP contribution in [0.2, 0.25) is 0 Å². The fourth-order valence-electron chi connectivity index (χ4n) is 4.62. The van der Waals surface area contributed by atoms with Gasteiger partial charge in [-0.3, -0.25) is 9.80 Å². The van der Waals surface area contributed by atoms with Gasteiger partial charge in [0.05, 0.1) is 26.4 Å². The van der Waals surface area contributed by atoms with Crippen molar-refractivity contribution in [2.75, 3.05) is 52.6 Å². The molecule has 204 valence electrons. The van der Waals surface area contributed by atoms with Gasteiger partial charge in [-0.1, -0.05) is 76.8 Å². The third-order valence-corrected chi connectivity index (χ3v) is 6.60. The Morgan fingerprint density at radius 1 is 0.571 bits per heavy atom. The zero-order valence-electron chi connectivity index (χ0n) is 22.1. The van der Waals surface area contributed by atoms with E-state index in [1.807, 2.05) is 9.80 Å². The fraction of sp³-hybridized carbons (Fsp3) is 0.786. The van der Waals surface area contributed by atoms with E-state index < -0.39 is 0 Å². The highest BCUT2D eigenvalue weighted by Crippen LogP contribution is 2.28. The fourth-order valence-corrected chi connectivity index (χ4v) is 4.62. The first-order valence-corrected chi connectivity index (χ1v) is 13.8. The van der Waals surface area contributed by atoms with Crippen molar-refractivity contribution < 1.29 is 25.5 Å². The monoisotopic (exact) mass is 496 g/mol. The van der Waals surface area contributed by atoms with Crippen molar-refractivity contribution in [3.63, 3.8) is 0 Å². The summed E-state index contributed by atoms with van der Waals surface area (Å²) in [7, 11) is 0. The van der Waals surface area contributed by atoms with Crippen LogP contribution < -0.4 is 0 Å². The Labute approximate surface area is 213 Å². The van der Waals surface area contributed by atoms with E-state index in [0.717, 1.165) is 24.0 Å². The maximum atomic E-state index is 11.0. The van der Waals surface area contributed by atoms with Gasteiger partial charge in [0.2, 0.25) is 0 Å². The van der Waals surface area contributed by atoms with Crippen LogP contribution in [-0.4, -0.2) is 87.9 Å². The number of phenols is 1. The lowest BCUT2D eigenvalue weighted by Crippen LogP contribution is -2.30. The van der Waals surface area contributed by atoms with E-state index in [-0.39, 0.29) is 32.2 Å². The Bertz CT molecular complexity index is 593. The molecule has 0 unspecified atom stereocenters. The van der Waals surface area contributed by atoms with Gasteiger partial charge in [0, 0.05) is 50.4 Å². The average Bonchev–Trinajstić information content (AvgIpc) is 2.83. The smallest absolute Gasteiger partial charge is 0.124 e. The van der Waals surface area contributed by atoms with Crippen LogP contribution in [0.15, 0.2) is 12.1 Å². The minimum absolute atomic E-state index is 0.00725. The van der Waals surface area contributed by atoms with Gasteiger partial charge in [0.1, 0.15) is 5.75 Å². The maximum Gasteiger partial charge on any atom is 0.124 e. The molecule has 0 fully saturated rings. The van der Waals surface area contributed by atoms with E-state index in [1.165, 1.54) is 63.4 Å². The molecule has 0 bridgehead atoms. The molecule has 35 heavy (non-hydrogen) atoms. The normalized spacial score (nSPS) is 11.7. The lowest BCUT2D eigenvalue weighted by atomic mass is 9.98. The van der Waals surface area contributed by atoms with Gasteiger partial charge < -0.3 is 25.5 Å². The van der Waals surface area contributed by atoms with Gasteiger partial charge in [-0.05, 0) is 18.4 Å². The van der Waals surface area contributed by atoms with Crippen molar-refractivity contribution >= 4 is 0 Å². The molecular formula is C28H52N2O5.